The van der Waals surface area contributed by atoms with Crippen LogP contribution in [0.3, 0.4) is 0 Å². The van der Waals surface area contributed by atoms with Crippen LogP contribution in [0.5, 0.6) is 0 Å². The Morgan fingerprint density at radius 1 is 1.11 bits per heavy atom. The van der Waals surface area contributed by atoms with Gasteiger partial charge in [-0.3, -0.25) is 14.6 Å². The van der Waals surface area contributed by atoms with Crippen molar-refractivity contribution in [3.8, 4) is 11.3 Å². The maximum absolute atomic E-state index is 13.6. The van der Waals surface area contributed by atoms with Crippen molar-refractivity contribution >= 4 is 22.3 Å². The lowest BCUT2D eigenvalue weighted by atomic mass is 10.0. The topological polar surface area (TPSA) is 95.4 Å². The van der Waals surface area contributed by atoms with Crippen molar-refractivity contribution in [1.29, 1.82) is 0 Å². The summed E-state index contributed by atoms with van der Waals surface area (Å²) in [7, 11) is 3.94. The summed E-state index contributed by atoms with van der Waals surface area (Å²) in [4.78, 5) is 36.6. The van der Waals surface area contributed by atoms with Gasteiger partial charge in [0.25, 0.3) is 11.5 Å². The second kappa shape index (κ2) is 10.2. The largest absolute Gasteiger partial charge is 0.343 e. The van der Waals surface area contributed by atoms with Crippen LogP contribution in [0.4, 0.5) is 0 Å². The van der Waals surface area contributed by atoms with Gasteiger partial charge in [0.1, 0.15) is 5.52 Å². The van der Waals surface area contributed by atoms with Crippen LogP contribution in [0.25, 0.3) is 27.7 Å². The fourth-order valence-electron chi connectivity index (χ4n) is 4.92. The molecule has 0 aliphatic heterocycles. The summed E-state index contributed by atoms with van der Waals surface area (Å²) < 4.78 is 1.53. The summed E-state index contributed by atoms with van der Waals surface area (Å²) in [5.74, 6) is -0.397. The van der Waals surface area contributed by atoms with Gasteiger partial charge in [-0.25, -0.2) is 4.52 Å². The van der Waals surface area contributed by atoms with Crippen LogP contribution < -0.4 is 10.9 Å². The van der Waals surface area contributed by atoms with Crippen LogP contribution in [0, 0.1) is 6.92 Å². The molecule has 38 heavy (non-hydrogen) atoms. The number of benzene rings is 2. The minimum absolute atomic E-state index is 0.0887. The van der Waals surface area contributed by atoms with Crippen LogP contribution >= 0.6 is 0 Å². The quantitative estimate of drug-likeness (QED) is 0.332. The molecule has 1 atom stereocenters. The van der Waals surface area contributed by atoms with Crippen molar-refractivity contribution in [3.63, 3.8) is 0 Å². The molecule has 2 N–H and O–H groups in total. The highest BCUT2D eigenvalue weighted by Gasteiger charge is 2.26. The molecule has 2 aromatic carbocycles. The lowest BCUT2D eigenvalue weighted by Crippen LogP contribution is -2.36. The molecule has 1 unspecified atom stereocenters. The van der Waals surface area contributed by atoms with Gasteiger partial charge in [-0.2, -0.15) is 5.10 Å². The molecule has 194 valence electrons. The van der Waals surface area contributed by atoms with E-state index in [4.69, 9.17) is 0 Å². The van der Waals surface area contributed by atoms with Crippen LogP contribution in [-0.2, 0) is 0 Å². The predicted molar refractivity (Wildman–Crippen MR) is 151 cm³/mol. The summed E-state index contributed by atoms with van der Waals surface area (Å²) in [6.45, 7) is 6.59. The molecule has 5 aromatic rings. The van der Waals surface area contributed by atoms with Gasteiger partial charge in [0.2, 0.25) is 0 Å². The Bertz CT molecular complexity index is 1680. The second-order valence-electron chi connectivity index (χ2n) is 10.3. The predicted octanol–water partition coefficient (Wildman–Crippen LogP) is 4.70. The fraction of sp³-hybridized carbons (Fsp3) is 0.267. The molecule has 1 amide bonds. The van der Waals surface area contributed by atoms with Crippen LogP contribution in [0.1, 0.15) is 53.0 Å². The molecule has 8 heteroatoms. The number of aromatic amines is 1. The van der Waals surface area contributed by atoms with Crippen molar-refractivity contribution < 1.29 is 4.79 Å². The molecule has 0 aliphatic rings. The van der Waals surface area contributed by atoms with Crippen LogP contribution in [-0.4, -0.2) is 51.0 Å². The number of rotatable bonds is 7. The first-order valence-electron chi connectivity index (χ1n) is 12.7. The van der Waals surface area contributed by atoms with Crippen LogP contribution in [0.15, 0.2) is 71.8 Å². The highest BCUT2D eigenvalue weighted by atomic mass is 16.2. The summed E-state index contributed by atoms with van der Waals surface area (Å²) in [6, 6.07) is 17.6. The molecule has 0 aliphatic carbocycles. The van der Waals surface area contributed by atoms with E-state index in [2.05, 4.69) is 20.4 Å². The minimum Gasteiger partial charge on any atom is -0.343 e. The Morgan fingerprint density at radius 3 is 2.58 bits per heavy atom. The number of pyridine rings is 1. The van der Waals surface area contributed by atoms with E-state index in [9.17, 15) is 9.59 Å². The average molecular weight is 509 g/mol. The molecule has 3 heterocycles. The van der Waals surface area contributed by atoms with E-state index in [1.165, 1.54) is 4.52 Å². The first-order chi connectivity index (χ1) is 18.2. The van der Waals surface area contributed by atoms with E-state index < -0.39 is 0 Å². The van der Waals surface area contributed by atoms with E-state index in [0.29, 0.717) is 23.3 Å². The van der Waals surface area contributed by atoms with Crippen molar-refractivity contribution in [2.45, 2.75) is 32.7 Å². The highest BCUT2D eigenvalue weighted by molar-refractivity contribution is 5.96. The maximum atomic E-state index is 13.6. The summed E-state index contributed by atoms with van der Waals surface area (Å²) in [5, 5.41) is 8.80. The van der Waals surface area contributed by atoms with Gasteiger partial charge in [-0.15, -0.1) is 0 Å². The Morgan fingerprint density at radius 2 is 1.87 bits per heavy atom. The first kappa shape index (κ1) is 25.4. The standard InChI is InChI=1S/C30H32N6O2/c1-18(2)26-27(29(37)32-24(16-35(4)5)20-11-7-6-8-12-20)34-36-17-25(33-30(38)28(26)36)21-14-22-19(3)10-9-13-23(22)31-15-21/h6-15,17-18,24H,16H2,1-5H3,(H,32,37)(H,33,38). The normalized spacial score (nSPS) is 12.5. The van der Waals surface area contributed by atoms with Crippen molar-refractivity contribution in [3.05, 3.63) is 99.7 Å². The zero-order chi connectivity index (χ0) is 27.0. The number of H-pyrrole nitrogens is 1. The molecule has 0 saturated heterocycles. The number of amides is 1. The zero-order valence-electron chi connectivity index (χ0n) is 22.3. The number of carbonyl (C=O) groups is 1. The number of nitrogens with zero attached hydrogens (tertiary/aromatic N) is 4. The molecule has 0 fully saturated rings. The van der Waals surface area contributed by atoms with Gasteiger partial charge in [0.15, 0.2) is 5.69 Å². The zero-order valence-corrected chi connectivity index (χ0v) is 22.3. The monoisotopic (exact) mass is 508 g/mol. The van der Waals surface area contributed by atoms with Gasteiger partial charge >= 0.3 is 0 Å². The van der Waals surface area contributed by atoms with E-state index in [-0.39, 0.29) is 29.1 Å². The number of hydrogen-bond donors (Lipinski definition) is 2. The molecule has 8 nitrogen and oxygen atoms in total. The molecule has 5 rings (SSSR count). The lowest BCUT2D eigenvalue weighted by molar-refractivity contribution is 0.0923. The summed E-state index contributed by atoms with van der Waals surface area (Å²) in [5.41, 5.74) is 5.32. The SMILES string of the molecule is Cc1cccc2ncc(-c3cn4nc(C(=O)NC(CN(C)C)c5ccccc5)c(C(C)C)c4c(=O)[nH]3)cc12. The molecule has 0 bridgehead atoms. The average Bonchev–Trinajstić information content (AvgIpc) is 3.29. The lowest BCUT2D eigenvalue weighted by Gasteiger charge is -2.22. The van der Waals surface area contributed by atoms with Crippen molar-refractivity contribution in [1.82, 2.24) is 29.8 Å². The van der Waals surface area contributed by atoms with Gasteiger partial charge in [-0.1, -0.05) is 56.3 Å². The van der Waals surface area contributed by atoms with E-state index in [0.717, 1.165) is 27.6 Å². The molecule has 0 radical (unpaired) electrons. The van der Waals surface area contributed by atoms with Gasteiger partial charge < -0.3 is 15.2 Å². The Balaban J connectivity index is 1.58. The Labute approximate surface area is 221 Å². The van der Waals surface area contributed by atoms with Gasteiger partial charge in [0.05, 0.1) is 23.4 Å². The van der Waals surface area contributed by atoms with Gasteiger partial charge in [0, 0.05) is 29.3 Å². The second-order valence-corrected chi connectivity index (χ2v) is 10.3. The number of aryl methyl sites for hydroxylation is 1. The third-order valence-corrected chi connectivity index (χ3v) is 6.76. The van der Waals surface area contributed by atoms with Crippen LogP contribution in [0.2, 0.25) is 0 Å². The third-order valence-electron chi connectivity index (χ3n) is 6.76. The van der Waals surface area contributed by atoms with E-state index in [1.54, 1.807) is 12.4 Å². The highest BCUT2D eigenvalue weighted by Crippen LogP contribution is 2.27. The number of nitrogens with one attached hydrogen (secondary N) is 2. The number of hydrogen-bond acceptors (Lipinski definition) is 5. The van der Waals surface area contributed by atoms with Crippen molar-refractivity contribution in [2.24, 2.45) is 0 Å². The maximum Gasteiger partial charge on any atom is 0.274 e. The summed E-state index contributed by atoms with van der Waals surface area (Å²) >= 11 is 0. The number of fused-ring (bicyclic) bond motifs is 2. The number of aromatic nitrogens is 4. The van der Waals surface area contributed by atoms with Gasteiger partial charge in [-0.05, 0) is 50.2 Å². The first-order valence-corrected chi connectivity index (χ1v) is 12.7. The smallest absolute Gasteiger partial charge is 0.274 e. The Hall–Kier alpha value is -4.30. The number of carbonyl (C=O) groups excluding carboxylic acids is 1. The fourth-order valence-corrected chi connectivity index (χ4v) is 4.92. The van der Waals surface area contributed by atoms with Crippen molar-refractivity contribution in [2.75, 3.05) is 20.6 Å². The minimum atomic E-state index is -0.308. The molecular formula is C30H32N6O2. The Kier molecular flexibility index (Phi) is 6.82. The molecule has 3 aromatic heterocycles. The third kappa shape index (κ3) is 4.82. The van der Waals surface area contributed by atoms with E-state index >= 15 is 0 Å². The molecular weight excluding hydrogens is 476 g/mol. The molecule has 0 spiro atoms. The number of likely N-dealkylation sites (N-methyl/N-ethyl adjacent to an activating group) is 1. The molecule has 0 saturated carbocycles. The van der Waals surface area contributed by atoms with E-state index in [1.807, 2.05) is 94.4 Å². The summed E-state index contributed by atoms with van der Waals surface area (Å²) in [6.07, 6.45) is 3.50.